The lowest BCUT2D eigenvalue weighted by atomic mass is 10.2. The fourth-order valence-corrected chi connectivity index (χ4v) is 2.44. The van der Waals surface area contributed by atoms with Gasteiger partial charge in [0.15, 0.2) is 0 Å². The van der Waals surface area contributed by atoms with Crippen LogP contribution in [0.4, 0.5) is 0 Å². The van der Waals surface area contributed by atoms with Crippen LogP contribution >= 0.6 is 0 Å². The van der Waals surface area contributed by atoms with E-state index in [9.17, 15) is 5.11 Å². The van der Waals surface area contributed by atoms with Gasteiger partial charge in [-0.25, -0.2) is 0 Å². The number of hydrogen-bond donors (Lipinski definition) is 2. The average molecular weight is 243 g/mol. The second-order valence-electron chi connectivity index (χ2n) is 5.71. The summed E-state index contributed by atoms with van der Waals surface area (Å²) in [6, 6.07) is 1.11. The first-order valence-corrected chi connectivity index (χ1v) is 6.79. The van der Waals surface area contributed by atoms with Crippen molar-refractivity contribution in [1.29, 1.82) is 0 Å². The first-order chi connectivity index (χ1) is 7.99. The Bertz CT molecular complexity index is 211. The van der Waals surface area contributed by atoms with Gasteiger partial charge in [-0.05, 0) is 33.5 Å². The Kier molecular flexibility index (Phi) is 6.41. The van der Waals surface area contributed by atoms with E-state index < -0.39 is 0 Å². The zero-order valence-corrected chi connectivity index (χ0v) is 11.8. The molecular formula is C13H29N3O. The standard InChI is InChI=1S/C13H29N3O/c1-11(2)14-8-13(17)10-15(3)9-12-6-5-7-16(12)4/h11-14,17H,5-10H2,1-4H3. The largest absolute Gasteiger partial charge is 0.390 e. The maximum atomic E-state index is 9.89. The molecule has 1 fully saturated rings. The summed E-state index contributed by atoms with van der Waals surface area (Å²) in [5.41, 5.74) is 0. The number of rotatable bonds is 7. The molecule has 0 aromatic heterocycles. The third kappa shape index (κ3) is 5.82. The van der Waals surface area contributed by atoms with Crippen LogP contribution < -0.4 is 5.32 Å². The summed E-state index contributed by atoms with van der Waals surface area (Å²) >= 11 is 0. The molecule has 0 saturated carbocycles. The number of hydrogen-bond acceptors (Lipinski definition) is 4. The maximum Gasteiger partial charge on any atom is 0.0791 e. The molecule has 1 aliphatic rings. The molecular weight excluding hydrogens is 214 g/mol. The molecule has 0 aromatic rings. The number of nitrogens with zero attached hydrogens (tertiary/aromatic N) is 2. The number of likely N-dealkylation sites (tertiary alicyclic amines) is 1. The molecule has 2 unspecified atom stereocenters. The summed E-state index contributed by atoms with van der Waals surface area (Å²) in [6.07, 6.45) is 2.34. The number of nitrogens with one attached hydrogen (secondary N) is 1. The third-order valence-corrected chi connectivity index (χ3v) is 3.48. The molecule has 102 valence electrons. The van der Waals surface area contributed by atoms with E-state index in [0.29, 0.717) is 18.6 Å². The van der Waals surface area contributed by atoms with E-state index in [1.165, 1.54) is 19.4 Å². The van der Waals surface area contributed by atoms with E-state index >= 15 is 0 Å². The van der Waals surface area contributed by atoms with Crippen LogP contribution in [0.3, 0.4) is 0 Å². The van der Waals surface area contributed by atoms with Crippen molar-refractivity contribution in [3.63, 3.8) is 0 Å². The van der Waals surface area contributed by atoms with Crippen LogP contribution in [0.25, 0.3) is 0 Å². The minimum absolute atomic E-state index is 0.269. The van der Waals surface area contributed by atoms with E-state index in [1.807, 2.05) is 0 Å². The molecule has 1 aliphatic heterocycles. The Morgan fingerprint density at radius 3 is 2.71 bits per heavy atom. The first kappa shape index (κ1) is 14.9. The topological polar surface area (TPSA) is 38.7 Å². The summed E-state index contributed by atoms with van der Waals surface area (Å²) in [4.78, 5) is 4.68. The first-order valence-electron chi connectivity index (χ1n) is 6.79. The SMILES string of the molecule is CC(C)NCC(O)CN(C)CC1CCCN1C. The van der Waals surface area contributed by atoms with Gasteiger partial charge in [0.05, 0.1) is 6.10 Å². The molecule has 1 saturated heterocycles. The highest BCUT2D eigenvalue weighted by Crippen LogP contribution is 2.15. The van der Waals surface area contributed by atoms with Crippen LogP contribution in [-0.2, 0) is 0 Å². The predicted octanol–water partition coefficient (Wildman–Crippen LogP) is 0.371. The molecule has 2 atom stereocenters. The van der Waals surface area contributed by atoms with Crippen LogP contribution in [0, 0.1) is 0 Å². The summed E-state index contributed by atoms with van der Waals surface area (Å²) in [5, 5.41) is 13.2. The highest BCUT2D eigenvalue weighted by Gasteiger charge is 2.22. The van der Waals surface area contributed by atoms with Gasteiger partial charge in [-0.3, -0.25) is 0 Å². The molecule has 0 spiro atoms. The van der Waals surface area contributed by atoms with E-state index in [1.54, 1.807) is 0 Å². The number of aliphatic hydroxyl groups excluding tert-OH is 1. The molecule has 0 aromatic carbocycles. The lowest BCUT2D eigenvalue weighted by molar-refractivity contribution is 0.109. The quantitative estimate of drug-likeness (QED) is 0.678. The van der Waals surface area contributed by atoms with Gasteiger partial charge < -0.3 is 20.2 Å². The lowest BCUT2D eigenvalue weighted by Crippen LogP contribution is -2.43. The van der Waals surface area contributed by atoms with Crippen LogP contribution in [0.15, 0.2) is 0 Å². The summed E-state index contributed by atoms with van der Waals surface area (Å²) in [6.45, 7) is 7.92. The molecule has 0 radical (unpaired) electrons. The Morgan fingerprint density at radius 2 is 2.18 bits per heavy atom. The molecule has 4 nitrogen and oxygen atoms in total. The van der Waals surface area contributed by atoms with Crippen molar-refractivity contribution >= 4 is 0 Å². The highest BCUT2D eigenvalue weighted by molar-refractivity contribution is 4.79. The third-order valence-electron chi connectivity index (χ3n) is 3.48. The van der Waals surface area contributed by atoms with Gasteiger partial charge >= 0.3 is 0 Å². The fraction of sp³-hybridized carbons (Fsp3) is 1.00. The van der Waals surface area contributed by atoms with Crippen LogP contribution in [0.5, 0.6) is 0 Å². The highest BCUT2D eigenvalue weighted by atomic mass is 16.3. The Balaban J connectivity index is 2.17. The lowest BCUT2D eigenvalue weighted by Gasteiger charge is -2.27. The monoisotopic (exact) mass is 243 g/mol. The van der Waals surface area contributed by atoms with Gasteiger partial charge in [-0.1, -0.05) is 13.8 Å². The second-order valence-corrected chi connectivity index (χ2v) is 5.71. The molecule has 1 heterocycles. The molecule has 0 bridgehead atoms. The smallest absolute Gasteiger partial charge is 0.0791 e. The average Bonchev–Trinajstić information content (AvgIpc) is 2.61. The van der Waals surface area contributed by atoms with Crippen molar-refractivity contribution in [3.05, 3.63) is 0 Å². The van der Waals surface area contributed by atoms with Crippen molar-refractivity contribution < 1.29 is 5.11 Å². The van der Waals surface area contributed by atoms with Crippen molar-refractivity contribution in [1.82, 2.24) is 15.1 Å². The molecule has 0 amide bonds. The number of likely N-dealkylation sites (N-methyl/N-ethyl adjacent to an activating group) is 2. The second kappa shape index (κ2) is 7.31. The van der Waals surface area contributed by atoms with Crippen molar-refractivity contribution in [2.45, 2.75) is 44.9 Å². The van der Waals surface area contributed by atoms with Crippen molar-refractivity contribution in [2.24, 2.45) is 0 Å². The molecule has 1 rings (SSSR count). The molecule has 0 aliphatic carbocycles. The van der Waals surface area contributed by atoms with Gasteiger partial charge in [0, 0.05) is 31.7 Å². The minimum Gasteiger partial charge on any atom is -0.390 e. The van der Waals surface area contributed by atoms with Gasteiger partial charge in [-0.2, -0.15) is 0 Å². The summed E-state index contributed by atoms with van der Waals surface area (Å²) in [7, 11) is 4.30. The summed E-state index contributed by atoms with van der Waals surface area (Å²) < 4.78 is 0. The van der Waals surface area contributed by atoms with Crippen LogP contribution in [-0.4, -0.2) is 73.4 Å². The predicted molar refractivity (Wildman–Crippen MR) is 72.3 cm³/mol. The van der Waals surface area contributed by atoms with Crippen LogP contribution in [0.2, 0.25) is 0 Å². The fourth-order valence-electron chi connectivity index (χ4n) is 2.44. The van der Waals surface area contributed by atoms with E-state index in [-0.39, 0.29) is 6.10 Å². The molecule has 4 heteroatoms. The zero-order chi connectivity index (χ0) is 12.8. The number of aliphatic hydroxyl groups is 1. The van der Waals surface area contributed by atoms with E-state index in [2.05, 4.69) is 43.1 Å². The summed E-state index contributed by atoms with van der Waals surface area (Å²) in [5.74, 6) is 0. The molecule has 2 N–H and O–H groups in total. The Hall–Kier alpha value is -0.160. The Morgan fingerprint density at radius 1 is 1.47 bits per heavy atom. The van der Waals surface area contributed by atoms with Crippen LogP contribution in [0.1, 0.15) is 26.7 Å². The van der Waals surface area contributed by atoms with Gasteiger partial charge in [0.25, 0.3) is 0 Å². The Labute approximate surface area is 106 Å². The van der Waals surface area contributed by atoms with E-state index in [0.717, 1.165) is 13.1 Å². The normalized spacial score (nSPS) is 23.8. The van der Waals surface area contributed by atoms with Gasteiger partial charge in [0.1, 0.15) is 0 Å². The van der Waals surface area contributed by atoms with Crippen molar-refractivity contribution in [2.75, 3.05) is 40.3 Å². The van der Waals surface area contributed by atoms with Gasteiger partial charge in [0.2, 0.25) is 0 Å². The zero-order valence-electron chi connectivity index (χ0n) is 11.8. The molecule has 17 heavy (non-hydrogen) atoms. The van der Waals surface area contributed by atoms with Crippen molar-refractivity contribution in [3.8, 4) is 0 Å². The van der Waals surface area contributed by atoms with E-state index in [4.69, 9.17) is 0 Å². The minimum atomic E-state index is -0.269. The maximum absolute atomic E-state index is 9.89. The van der Waals surface area contributed by atoms with Gasteiger partial charge in [-0.15, -0.1) is 0 Å².